The fourth-order valence-corrected chi connectivity index (χ4v) is 1.90. The molecular formula is C10H22S. The second-order valence-corrected chi connectivity index (χ2v) is 6.18. The number of hydrogen-bond acceptors (Lipinski definition) is 1. The second kappa shape index (κ2) is 5.08. The standard InChI is InChI=1S/C10H22S/c1-6-9(2)7-8-11-10(3,4)5/h9H,6-8H2,1-5H3. The Morgan fingerprint density at radius 3 is 2.18 bits per heavy atom. The first-order chi connectivity index (χ1) is 4.95. The van der Waals surface area contributed by atoms with Gasteiger partial charge in [-0.3, -0.25) is 0 Å². The van der Waals surface area contributed by atoms with Crippen molar-refractivity contribution in [3.63, 3.8) is 0 Å². The Labute approximate surface area is 76.1 Å². The van der Waals surface area contributed by atoms with Crippen molar-refractivity contribution < 1.29 is 0 Å². The van der Waals surface area contributed by atoms with Crippen LogP contribution in [-0.4, -0.2) is 10.5 Å². The van der Waals surface area contributed by atoms with Crippen LogP contribution in [0.5, 0.6) is 0 Å². The maximum Gasteiger partial charge on any atom is 0.00750 e. The number of rotatable bonds is 4. The molecule has 0 aliphatic carbocycles. The van der Waals surface area contributed by atoms with Gasteiger partial charge >= 0.3 is 0 Å². The maximum absolute atomic E-state index is 2.34. The lowest BCUT2D eigenvalue weighted by molar-refractivity contribution is 0.547. The molecule has 0 aromatic rings. The van der Waals surface area contributed by atoms with Crippen molar-refractivity contribution in [2.75, 3.05) is 5.75 Å². The molecule has 0 bridgehead atoms. The van der Waals surface area contributed by atoms with Crippen LogP contribution in [0.4, 0.5) is 0 Å². The molecule has 0 heterocycles. The van der Waals surface area contributed by atoms with Gasteiger partial charge in [0, 0.05) is 4.75 Å². The van der Waals surface area contributed by atoms with E-state index in [-0.39, 0.29) is 0 Å². The van der Waals surface area contributed by atoms with Crippen LogP contribution in [0.2, 0.25) is 0 Å². The van der Waals surface area contributed by atoms with E-state index in [1.165, 1.54) is 18.6 Å². The van der Waals surface area contributed by atoms with Gasteiger partial charge in [0.05, 0.1) is 0 Å². The van der Waals surface area contributed by atoms with Gasteiger partial charge in [0.25, 0.3) is 0 Å². The Morgan fingerprint density at radius 1 is 1.27 bits per heavy atom. The molecule has 1 unspecified atom stereocenters. The molecule has 0 aliphatic rings. The molecule has 0 fully saturated rings. The normalized spacial score (nSPS) is 15.0. The number of thioether (sulfide) groups is 1. The van der Waals surface area contributed by atoms with Crippen LogP contribution in [0.15, 0.2) is 0 Å². The van der Waals surface area contributed by atoms with Crippen LogP contribution in [0, 0.1) is 5.92 Å². The molecule has 0 saturated heterocycles. The average molecular weight is 174 g/mol. The number of hydrogen-bond donors (Lipinski definition) is 0. The first-order valence-corrected chi connectivity index (χ1v) is 5.58. The Morgan fingerprint density at radius 2 is 1.82 bits per heavy atom. The summed E-state index contributed by atoms with van der Waals surface area (Å²) in [4.78, 5) is 0. The van der Waals surface area contributed by atoms with Crippen molar-refractivity contribution in [3.05, 3.63) is 0 Å². The summed E-state index contributed by atoms with van der Waals surface area (Å²) in [5, 5.41) is 0. The van der Waals surface area contributed by atoms with Crippen molar-refractivity contribution >= 4 is 11.8 Å². The van der Waals surface area contributed by atoms with Gasteiger partial charge in [-0.25, -0.2) is 0 Å². The molecule has 1 atom stereocenters. The quantitative estimate of drug-likeness (QED) is 0.622. The van der Waals surface area contributed by atoms with Crippen LogP contribution in [0.25, 0.3) is 0 Å². The lowest BCUT2D eigenvalue weighted by atomic mass is 10.1. The third-order valence-electron chi connectivity index (χ3n) is 1.84. The molecule has 11 heavy (non-hydrogen) atoms. The molecule has 0 spiro atoms. The second-order valence-electron chi connectivity index (χ2n) is 4.26. The third kappa shape index (κ3) is 8.25. The van der Waals surface area contributed by atoms with E-state index >= 15 is 0 Å². The van der Waals surface area contributed by atoms with E-state index < -0.39 is 0 Å². The minimum Gasteiger partial charge on any atom is -0.156 e. The van der Waals surface area contributed by atoms with Gasteiger partial charge < -0.3 is 0 Å². The maximum atomic E-state index is 2.34. The zero-order valence-electron chi connectivity index (χ0n) is 8.61. The molecule has 0 aromatic heterocycles. The van der Waals surface area contributed by atoms with Gasteiger partial charge in [-0.2, -0.15) is 11.8 Å². The smallest absolute Gasteiger partial charge is 0.00750 e. The van der Waals surface area contributed by atoms with Crippen LogP contribution in [0.1, 0.15) is 47.5 Å². The van der Waals surface area contributed by atoms with Crippen molar-refractivity contribution in [2.45, 2.75) is 52.2 Å². The van der Waals surface area contributed by atoms with Crippen molar-refractivity contribution in [1.82, 2.24) is 0 Å². The predicted octanol–water partition coefficient (Wildman–Crippen LogP) is 3.95. The highest BCUT2D eigenvalue weighted by Gasteiger charge is 2.10. The SMILES string of the molecule is CCC(C)CCSC(C)(C)C. The van der Waals surface area contributed by atoms with Gasteiger partial charge in [0.2, 0.25) is 0 Å². The highest BCUT2D eigenvalue weighted by Crippen LogP contribution is 2.25. The van der Waals surface area contributed by atoms with Gasteiger partial charge in [-0.1, -0.05) is 41.0 Å². The summed E-state index contributed by atoms with van der Waals surface area (Å²) in [5.41, 5.74) is 0. The Kier molecular flexibility index (Phi) is 5.24. The minimum atomic E-state index is 0.452. The van der Waals surface area contributed by atoms with Gasteiger partial charge in [0.15, 0.2) is 0 Å². The molecule has 0 amide bonds. The summed E-state index contributed by atoms with van der Waals surface area (Å²) in [6, 6.07) is 0. The lowest BCUT2D eigenvalue weighted by Crippen LogP contribution is -2.09. The highest BCUT2D eigenvalue weighted by molar-refractivity contribution is 8.00. The van der Waals surface area contributed by atoms with Crippen LogP contribution in [0.3, 0.4) is 0 Å². The Hall–Kier alpha value is 0.350. The summed E-state index contributed by atoms with van der Waals surface area (Å²) in [6.07, 6.45) is 2.70. The average Bonchev–Trinajstić information content (AvgIpc) is 1.85. The molecule has 0 nitrogen and oxygen atoms in total. The fourth-order valence-electron chi connectivity index (χ4n) is 0.770. The summed E-state index contributed by atoms with van der Waals surface area (Å²) in [6.45, 7) is 11.5. The first-order valence-electron chi connectivity index (χ1n) is 4.59. The van der Waals surface area contributed by atoms with Crippen molar-refractivity contribution in [2.24, 2.45) is 5.92 Å². The lowest BCUT2D eigenvalue weighted by Gasteiger charge is -2.18. The summed E-state index contributed by atoms with van der Waals surface area (Å²) < 4.78 is 0.452. The van der Waals surface area contributed by atoms with Crippen LogP contribution >= 0.6 is 11.8 Å². The van der Waals surface area contributed by atoms with Crippen LogP contribution in [-0.2, 0) is 0 Å². The van der Waals surface area contributed by atoms with E-state index in [0.717, 1.165) is 5.92 Å². The molecule has 0 rings (SSSR count). The zero-order chi connectivity index (χ0) is 8.91. The van der Waals surface area contributed by atoms with E-state index in [2.05, 4.69) is 46.4 Å². The predicted molar refractivity (Wildman–Crippen MR) is 56.3 cm³/mol. The molecule has 0 aromatic carbocycles. The molecular weight excluding hydrogens is 152 g/mol. The monoisotopic (exact) mass is 174 g/mol. The van der Waals surface area contributed by atoms with E-state index in [1.807, 2.05) is 0 Å². The highest BCUT2D eigenvalue weighted by atomic mass is 32.2. The van der Waals surface area contributed by atoms with E-state index in [9.17, 15) is 0 Å². The molecule has 0 saturated carbocycles. The molecule has 68 valence electrons. The Bertz CT molecular complexity index is 91.5. The largest absolute Gasteiger partial charge is 0.156 e. The van der Waals surface area contributed by atoms with Crippen molar-refractivity contribution in [1.29, 1.82) is 0 Å². The van der Waals surface area contributed by atoms with Gasteiger partial charge in [-0.05, 0) is 18.1 Å². The first kappa shape index (κ1) is 11.4. The van der Waals surface area contributed by atoms with Crippen molar-refractivity contribution in [3.8, 4) is 0 Å². The molecule has 1 heteroatoms. The summed E-state index contributed by atoms with van der Waals surface area (Å²) in [5.74, 6) is 2.23. The van der Waals surface area contributed by atoms with Crippen LogP contribution < -0.4 is 0 Å². The summed E-state index contributed by atoms with van der Waals surface area (Å²) >= 11 is 2.08. The third-order valence-corrected chi connectivity index (χ3v) is 3.15. The fraction of sp³-hybridized carbons (Fsp3) is 1.00. The van der Waals surface area contributed by atoms with E-state index in [0.29, 0.717) is 4.75 Å². The summed E-state index contributed by atoms with van der Waals surface area (Å²) in [7, 11) is 0. The van der Waals surface area contributed by atoms with E-state index in [4.69, 9.17) is 0 Å². The topological polar surface area (TPSA) is 0 Å². The minimum absolute atomic E-state index is 0.452. The zero-order valence-corrected chi connectivity index (χ0v) is 9.42. The van der Waals surface area contributed by atoms with Gasteiger partial charge in [0.1, 0.15) is 0 Å². The molecule has 0 aliphatic heterocycles. The van der Waals surface area contributed by atoms with E-state index in [1.54, 1.807) is 0 Å². The Balaban J connectivity index is 3.28. The van der Waals surface area contributed by atoms with Gasteiger partial charge in [-0.15, -0.1) is 0 Å². The molecule has 0 radical (unpaired) electrons. The molecule has 0 N–H and O–H groups in total.